The first-order valence-corrected chi connectivity index (χ1v) is 6.93. The van der Waals surface area contributed by atoms with Gasteiger partial charge in [-0.15, -0.1) is 0 Å². The third-order valence-corrected chi connectivity index (χ3v) is 3.26. The van der Waals surface area contributed by atoms with E-state index in [1.54, 1.807) is 6.20 Å². The van der Waals surface area contributed by atoms with Crippen LogP contribution in [0.3, 0.4) is 0 Å². The molecule has 19 heavy (non-hydrogen) atoms. The molecule has 0 bridgehead atoms. The van der Waals surface area contributed by atoms with E-state index in [9.17, 15) is 0 Å². The highest BCUT2D eigenvalue weighted by Crippen LogP contribution is 2.21. The lowest BCUT2D eigenvalue weighted by molar-refractivity contribution is 0.488. The second-order valence-corrected chi connectivity index (χ2v) is 4.93. The molecular formula is C15H18ClN3. The van der Waals surface area contributed by atoms with Gasteiger partial charge in [0.15, 0.2) is 0 Å². The average molecular weight is 276 g/mol. The standard InChI is InChI=1S/C15H18ClN3/c1-2-4-15(12-6-8-13(16)9-7-12)17-11-14-5-3-10-18-19-14/h3,5-10,15,17H,2,4,11H2,1H3. The highest BCUT2D eigenvalue weighted by molar-refractivity contribution is 6.30. The second kappa shape index (κ2) is 7.22. The molecule has 0 aliphatic carbocycles. The van der Waals surface area contributed by atoms with Crippen molar-refractivity contribution in [1.82, 2.24) is 15.5 Å². The molecule has 1 N–H and O–H groups in total. The number of halogens is 1. The number of hydrogen-bond donors (Lipinski definition) is 1. The van der Waals surface area contributed by atoms with Crippen LogP contribution in [0.1, 0.15) is 37.1 Å². The topological polar surface area (TPSA) is 37.8 Å². The van der Waals surface area contributed by atoms with Crippen molar-refractivity contribution >= 4 is 11.6 Å². The molecular weight excluding hydrogens is 258 g/mol. The Morgan fingerprint density at radius 2 is 2.00 bits per heavy atom. The minimum Gasteiger partial charge on any atom is -0.304 e. The van der Waals surface area contributed by atoms with Gasteiger partial charge in [0, 0.05) is 23.8 Å². The molecule has 1 unspecified atom stereocenters. The molecule has 4 heteroatoms. The monoisotopic (exact) mass is 275 g/mol. The van der Waals surface area contributed by atoms with Crippen LogP contribution in [-0.2, 0) is 6.54 Å². The lowest BCUT2D eigenvalue weighted by atomic mass is 10.0. The third kappa shape index (κ3) is 4.30. The van der Waals surface area contributed by atoms with Crippen molar-refractivity contribution in [2.45, 2.75) is 32.4 Å². The Bertz CT molecular complexity index is 485. The van der Waals surface area contributed by atoms with Crippen LogP contribution in [-0.4, -0.2) is 10.2 Å². The molecule has 0 radical (unpaired) electrons. The Balaban J connectivity index is 2.02. The van der Waals surface area contributed by atoms with Crippen LogP contribution in [0.2, 0.25) is 5.02 Å². The van der Waals surface area contributed by atoms with Gasteiger partial charge in [-0.05, 0) is 36.2 Å². The fraction of sp³-hybridized carbons (Fsp3) is 0.333. The van der Waals surface area contributed by atoms with Crippen molar-refractivity contribution in [2.75, 3.05) is 0 Å². The summed E-state index contributed by atoms with van der Waals surface area (Å²) in [7, 11) is 0. The maximum absolute atomic E-state index is 5.93. The molecule has 1 heterocycles. The summed E-state index contributed by atoms with van der Waals surface area (Å²) in [6, 6.07) is 12.2. The fourth-order valence-electron chi connectivity index (χ4n) is 2.03. The number of nitrogens with one attached hydrogen (secondary N) is 1. The summed E-state index contributed by atoms with van der Waals surface area (Å²) in [5, 5.41) is 12.3. The van der Waals surface area contributed by atoms with Crippen LogP contribution >= 0.6 is 11.6 Å². The van der Waals surface area contributed by atoms with E-state index in [1.165, 1.54) is 5.56 Å². The third-order valence-electron chi connectivity index (χ3n) is 3.01. The molecule has 1 aromatic carbocycles. The summed E-state index contributed by atoms with van der Waals surface area (Å²) in [5.41, 5.74) is 2.22. The van der Waals surface area contributed by atoms with E-state index in [1.807, 2.05) is 24.3 Å². The Kier molecular flexibility index (Phi) is 5.31. The van der Waals surface area contributed by atoms with Gasteiger partial charge in [0.25, 0.3) is 0 Å². The minimum absolute atomic E-state index is 0.323. The smallest absolute Gasteiger partial charge is 0.0769 e. The molecule has 0 spiro atoms. The molecule has 1 aromatic heterocycles. The first-order chi connectivity index (χ1) is 9.29. The number of aromatic nitrogens is 2. The zero-order valence-electron chi connectivity index (χ0n) is 11.0. The predicted molar refractivity (Wildman–Crippen MR) is 78.0 cm³/mol. The second-order valence-electron chi connectivity index (χ2n) is 4.49. The summed E-state index contributed by atoms with van der Waals surface area (Å²) in [5.74, 6) is 0. The van der Waals surface area contributed by atoms with Crippen molar-refractivity contribution in [3.8, 4) is 0 Å². The van der Waals surface area contributed by atoms with E-state index in [4.69, 9.17) is 11.6 Å². The van der Waals surface area contributed by atoms with Gasteiger partial charge in [0.1, 0.15) is 0 Å². The van der Waals surface area contributed by atoms with E-state index < -0.39 is 0 Å². The van der Waals surface area contributed by atoms with Crippen LogP contribution in [0.25, 0.3) is 0 Å². The van der Waals surface area contributed by atoms with Gasteiger partial charge < -0.3 is 5.32 Å². The maximum atomic E-state index is 5.93. The minimum atomic E-state index is 0.323. The number of nitrogens with zero attached hydrogens (tertiary/aromatic N) is 2. The van der Waals surface area contributed by atoms with Gasteiger partial charge in [-0.2, -0.15) is 10.2 Å². The number of hydrogen-bond acceptors (Lipinski definition) is 3. The van der Waals surface area contributed by atoms with E-state index in [0.29, 0.717) is 6.04 Å². The van der Waals surface area contributed by atoms with Gasteiger partial charge in [-0.25, -0.2) is 0 Å². The number of rotatable bonds is 6. The Morgan fingerprint density at radius 3 is 2.63 bits per heavy atom. The molecule has 2 rings (SSSR count). The molecule has 0 aliphatic heterocycles. The molecule has 2 aromatic rings. The first-order valence-electron chi connectivity index (χ1n) is 6.55. The lowest BCUT2D eigenvalue weighted by Gasteiger charge is -2.18. The molecule has 100 valence electrons. The van der Waals surface area contributed by atoms with Crippen molar-refractivity contribution in [3.05, 3.63) is 58.9 Å². The predicted octanol–water partition coefficient (Wildman–Crippen LogP) is 3.76. The lowest BCUT2D eigenvalue weighted by Crippen LogP contribution is -2.21. The van der Waals surface area contributed by atoms with Crippen LogP contribution in [0.5, 0.6) is 0 Å². The van der Waals surface area contributed by atoms with E-state index in [0.717, 1.165) is 30.1 Å². The summed E-state index contributed by atoms with van der Waals surface area (Å²) in [6.45, 7) is 2.91. The van der Waals surface area contributed by atoms with Gasteiger partial charge in [-0.1, -0.05) is 37.1 Å². The van der Waals surface area contributed by atoms with E-state index >= 15 is 0 Å². The van der Waals surface area contributed by atoms with Crippen molar-refractivity contribution in [1.29, 1.82) is 0 Å². The molecule has 1 atom stereocenters. The van der Waals surface area contributed by atoms with Gasteiger partial charge in [0.2, 0.25) is 0 Å². The maximum Gasteiger partial charge on any atom is 0.0769 e. The Labute approximate surface area is 119 Å². The van der Waals surface area contributed by atoms with Crippen LogP contribution in [0, 0.1) is 0 Å². The first kappa shape index (κ1) is 14.0. The molecule has 0 saturated carbocycles. The normalized spacial score (nSPS) is 12.3. The van der Waals surface area contributed by atoms with Gasteiger partial charge >= 0.3 is 0 Å². The van der Waals surface area contributed by atoms with Crippen molar-refractivity contribution in [2.24, 2.45) is 0 Å². The molecule has 3 nitrogen and oxygen atoms in total. The van der Waals surface area contributed by atoms with Crippen LogP contribution in [0.15, 0.2) is 42.6 Å². The van der Waals surface area contributed by atoms with Crippen molar-refractivity contribution in [3.63, 3.8) is 0 Å². The largest absolute Gasteiger partial charge is 0.304 e. The van der Waals surface area contributed by atoms with E-state index in [-0.39, 0.29) is 0 Å². The van der Waals surface area contributed by atoms with Gasteiger partial charge in [-0.3, -0.25) is 0 Å². The van der Waals surface area contributed by atoms with E-state index in [2.05, 4.69) is 34.6 Å². The van der Waals surface area contributed by atoms with Crippen molar-refractivity contribution < 1.29 is 0 Å². The zero-order valence-corrected chi connectivity index (χ0v) is 11.8. The van der Waals surface area contributed by atoms with Gasteiger partial charge in [0.05, 0.1) is 5.69 Å². The van der Waals surface area contributed by atoms with Crippen LogP contribution in [0.4, 0.5) is 0 Å². The molecule has 0 fully saturated rings. The highest BCUT2D eigenvalue weighted by Gasteiger charge is 2.10. The summed E-state index contributed by atoms with van der Waals surface area (Å²) in [4.78, 5) is 0. The SMILES string of the molecule is CCCC(NCc1cccnn1)c1ccc(Cl)cc1. The highest BCUT2D eigenvalue weighted by atomic mass is 35.5. The summed E-state index contributed by atoms with van der Waals surface area (Å²) in [6.07, 6.45) is 3.90. The number of benzene rings is 1. The fourth-order valence-corrected chi connectivity index (χ4v) is 2.15. The molecule has 0 saturated heterocycles. The molecule has 0 amide bonds. The van der Waals surface area contributed by atoms with Crippen LogP contribution < -0.4 is 5.32 Å². The Morgan fingerprint density at radius 1 is 1.21 bits per heavy atom. The Hall–Kier alpha value is -1.45. The molecule has 0 aliphatic rings. The quantitative estimate of drug-likeness (QED) is 0.872. The zero-order chi connectivity index (χ0) is 13.5. The summed E-state index contributed by atoms with van der Waals surface area (Å²) < 4.78 is 0. The average Bonchev–Trinajstić information content (AvgIpc) is 2.46. The summed E-state index contributed by atoms with van der Waals surface area (Å²) >= 11 is 5.93.